The number of carboxylic acid groups (broad SMARTS) is 1. The summed E-state index contributed by atoms with van der Waals surface area (Å²) in [6.45, 7) is 2.04. The first-order valence-corrected chi connectivity index (χ1v) is 9.14. The molecule has 1 aliphatic heterocycles. The van der Waals surface area contributed by atoms with Gasteiger partial charge in [-0.3, -0.25) is 10.1 Å². The van der Waals surface area contributed by atoms with Crippen molar-refractivity contribution in [3.8, 4) is 0 Å². The van der Waals surface area contributed by atoms with E-state index < -0.39 is 18.1 Å². The van der Waals surface area contributed by atoms with E-state index in [0.29, 0.717) is 22.1 Å². The Labute approximate surface area is 159 Å². The smallest absolute Gasteiger partial charge is 0.334 e. The molecule has 2 heterocycles. The number of hydrogen-bond acceptors (Lipinski definition) is 5. The van der Waals surface area contributed by atoms with Crippen LogP contribution in [0.25, 0.3) is 0 Å². The number of ether oxygens (including phenoxy) is 1. The minimum absolute atomic E-state index is 0.00629. The van der Waals surface area contributed by atoms with E-state index in [1.807, 2.05) is 18.2 Å². The largest absolute Gasteiger partial charge is 0.479 e. The Morgan fingerprint density at radius 1 is 1.11 bits per heavy atom. The normalized spacial score (nSPS) is 19.4. The molecule has 2 atom stereocenters. The van der Waals surface area contributed by atoms with Crippen molar-refractivity contribution in [2.45, 2.75) is 19.1 Å². The third-order valence-electron chi connectivity index (χ3n) is 3.91. The van der Waals surface area contributed by atoms with E-state index in [-0.39, 0.29) is 18.6 Å². The molecule has 3 amide bonds. The van der Waals surface area contributed by atoms with Gasteiger partial charge in [-0.25, -0.2) is 9.59 Å². The molecular weight excluding hydrogens is 370 g/mol. The quantitative estimate of drug-likeness (QED) is 0.745. The molecule has 3 rings (SSSR count). The highest BCUT2D eigenvalue weighted by molar-refractivity contribution is 7.18. The zero-order chi connectivity index (χ0) is 19.4. The highest BCUT2D eigenvalue weighted by Gasteiger charge is 2.33. The number of thiophene rings is 1. The van der Waals surface area contributed by atoms with Gasteiger partial charge in [-0.05, 0) is 31.2 Å². The second kappa shape index (κ2) is 8.19. The van der Waals surface area contributed by atoms with E-state index in [1.165, 1.54) is 4.90 Å². The van der Waals surface area contributed by atoms with Crippen LogP contribution < -0.4 is 10.6 Å². The summed E-state index contributed by atoms with van der Waals surface area (Å²) in [5.74, 6) is -1.37. The van der Waals surface area contributed by atoms with Crippen molar-refractivity contribution >= 4 is 39.9 Å². The van der Waals surface area contributed by atoms with E-state index in [2.05, 4.69) is 10.6 Å². The number of hydrogen-bond donors (Lipinski definition) is 3. The van der Waals surface area contributed by atoms with Crippen LogP contribution in [0.2, 0.25) is 0 Å². The molecule has 8 nitrogen and oxygen atoms in total. The average molecular weight is 389 g/mol. The van der Waals surface area contributed by atoms with Crippen LogP contribution in [0.15, 0.2) is 42.5 Å². The summed E-state index contributed by atoms with van der Waals surface area (Å²) in [6.07, 6.45) is -1.40. The highest BCUT2D eigenvalue weighted by Crippen LogP contribution is 2.25. The molecule has 0 spiro atoms. The molecule has 2 aromatic rings. The Bertz CT molecular complexity index is 839. The summed E-state index contributed by atoms with van der Waals surface area (Å²) >= 11 is 1.13. The van der Waals surface area contributed by atoms with Gasteiger partial charge in [0.1, 0.15) is 0 Å². The molecule has 0 bridgehead atoms. The van der Waals surface area contributed by atoms with Gasteiger partial charge in [0.25, 0.3) is 5.91 Å². The lowest BCUT2D eigenvalue weighted by Crippen LogP contribution is -2.51. The Morgan fingerprint density at radius 3 is 2.56 bits per heavy atom. The molecule has 3 N–H and O–H groups in total. The van der Waals surface area contributed by atoms with Crippen LogP contribution in [0.5, 0.6) is 0 Å². The first-order valence-electron chi connectivity index (χ1n) is 8.33. The summed E-state index contributed by atoms with van der Waals surface area (Å²) in [5.41, 5.74) is 0.657. The fourth-order valence-corrected chi connectivity index (χ4v) is 3.59. The van der Waals surface area contributed by atoms with Crippen LogP contribution in [-0.2, 0) is 9.53 Å². The topological polar surface area (TPSA) is 108 Å². The number of amides is 3. The lowest BCUT2D eigenvalue weighted by atomic mass is 10.2. The van der Waals surface area contributed by atoms with Gasteiger partial charge in [0.2, 0.25) is 0 Å². The monoisotopic (exact) mass is 389 g/mol. The fourth-order valence-electron chi connectivity index (χ4n) is 2.73. The van der Waals surface area contributed by atoms with Crippen molar-refractivity contribution in [2.75, 3.05) is 23.7 Å². The number of carbonyl (C=O) groups is 3. The standard InChI is InChI=1S/C18H19N3O5S/c1-11-9-21(10-13(26-11)17(23)24)16(22)14-7-8-15(27-14)20-18(25)19-12-5-3-2-4-6-12/h2-8,11,13H,9-10H2,1H3,(H,23,24)(H2,19,20,25)/t11-,13?/m1/s1. The van der Waals surface area contributed by atoms with Crippen LogP contribution in [0.1, 0.15) is 16.6 Å². The summed E-state index contributed by atoms with van der Waals surface area (Å²) in [7, 11) is 0. The Balaban J connectivity index is 1.62. The Morgan fingerprint density at radius 2 is 1.85 bits per heavy atom. The number of para-hydroxylation sites is 1. The summed E-state index contributed by atoms with van der Waals surface area (Å²) < 4.78 is 5.32. The van der Waals surface area contributed by atoms with E-state index in [0.717, 1.165) is 11.3 Å². The van der Waals surface area contributed by atoms with E-state index >= 15 is 0 Å². The van der Waals surface area contributed by atoms with E-state index in [9.17, 15) is 14.4 Å². The molecule has 1 saturated heterocycles. The maximum absolute atomic E-state index is 12.7. The molecule has 142 valence electrons. The van der Waals surface area contributed by atoms with Crippen molar-refractivity contribution in [3.05, 3.63) is 47.3 Å². The number of urea groups is 1. The van der Waals surface area contributed by atoms with E-state index in [1.54, 1.807) is 31.2 Å². The van der Waals surface area contributed by atoms with Gasteiger partial charge in [0.15, 0.2) is 6.10 Å². The maximum Gasteiger partial charge on any atom is 0.334 e. The number of nitrogens with one attached hydrogen (secondary N) is 2. The van der Waals surface area contributed by atoms with Crippen molar-refractivity contribution in [3.63, 3.8) is 0 Å². The number of aliphatic carboxylic acids is 1. The maximum atomic E-state index is 12.7. The molecular formula is C18H19N3O5S. The van der Waals surface area contributed by atoms with Crippen molar-refractivity contribution in [1.29, 1.82) is 0 Å². The Kier molecular flexibility index (Phi) is 5.72. The van der Waals surface area contributed by atoms with Crippen LogP contribution in [-0.4, -0.2) is 53.2 Å². The van der Waals surface area contributed by atoms with Crippen LogP contribution in [0, 0.1) is 0 Å². The minimum atomic E-state index is -1.09. The summed E-state index contributed by atoms with van der Waals surface area (Å²) in [4.78, 5) is 37.7. The number of morpholine rings is 1. The second-order valence-corrected chi connectivity index (χ2v) is 7.18. The SMILES string of the molecule is C[C@@H]1CN(C(=O)c2ccc(NC(=O)Nc3ccccc3)s2)CC(C(=O)O)O1. The average Bonchev–Trinajstić information content (AvgIpc) is 3.09. The molecule has 1 aromatic carbocycles. The Hall–Kier alpha value is -2.91. The second-order valence-electron chi connectivity index (χ2n) is 6.09. The van der Waals surface area contributed by atoms with Crippen molar-refractivity contribution in [1.82, 2.24) is 4.90 Å². The van der Waals surface area contributed by atoms with Gasteiger partial charge >= 0.3 is 12.0 Å². The predicted molar refractivity (Wildman–Crippen MR) is 101 cm³/mol. The molecule has 27 heavy (non-hydrogen) atoms. The van der Waals surface area contributed by atoms with E-state index in [4.69, 9.17) is 9.84 Å². The van der Waals surface area contributed by atoms with Gasteiger partial charge in [0, 0.05) is 12.2 Å². The zero-order valence-corrected chi connectivity index (χ0v) is 15.4. The summed E-state index contributed by atoms with van der Waals surface area (Å²) in [5, 5.41) is 15.0. The molecule has 1 fully saturated rings. The first kappa shape index (κ1) is 18.9. The lowest BCUT2D eigenvalue weighted by Gasteiger charge is -2.34. The predicted octanol–water partition coefficient (Wildman–Crippen LogP) is 2.71. The van der Waals surface area contributed by atoms with Crippen molar-refractivity contribution < 1.29 is 24.2 Å². The van der Waals surface area contributed by atoms with Gasteiger partial charge in [-0.15, -0.1) is 11.3 Å². The first-order chi connectivity index (χ1) is 12.9. The lowest BCUT2D eigenvalue weighted by molar-refractivity contribution is -0.160. The molecule has 0 aliphatic carbocycles. The minimum Gasteiger partial charge on any atom is -0.479 e. The molecule has 1 unspecified atom stereocenters. The third-order valence-corrected chi connectivity index (χ3v) is 4.90. The van der Waals surface area contributed by atoms with Gasteiger partial charge in [-0.2, -0.15) is 0 Å². The number of carbonyl (C=O) groups excluding carboxylic acids is 2. The van der Waals surface area contributed by atoms with Gasteiger partial charge < -0.3 is 20.1 Å². The molecule has 0 radical (unpaired) electrons. The van der Waals surface area contributed by atoms with Crippen LogP contribution in [0.3, 0.4) is 0 Å². The third kappa shape index (κ3) is 4.83. The number of benzene rings is 1. The number of rotatable bonds is 4. The fraction of sp³-hybridized carbons (Fsp3) is 0.278. The number of anilines is 2. The van der Waals surface area contributed by atoms with Crippen LogP contribution in [0.4, 0.5) is 15.5 Å². The molecule has 1 aromatic heterocycles. The number of nitrogens with zero attached hydrogens (tertiary/aromatic N) is 1. The van der Waals surface area contributed by atoms with Crippen LogP contribution >= 0.6 is 11.3 Å². The molecule has 0 saturated carbocycles. The summed E-state index contributed by atoms with van der Waals surface area (Å²) in [6, 6.07) is 11.8. The van der Waals surface area contributed by atoms with Gasteiger partial charge in [-0.1, -0.05) is 18.2 Å². The molecule has 1 aliphatic rings. The molecule has 9 heteroatoms. The highest BCUT2D eigenvalue weighted by atomic mass is 32.1. The van der Waals surface area contributed by atoms with Crippen molar-refractivity contribution in [2.24, 2.45) is 0 Å². The zero-order valence-electron chi connectivity index (χ0n) is 14.5. The van der Waals surface area contributed by atoms with Gasteiger partial charge in [0.05, 0.1) is 22.5 Å². The number of carboxylic acids is 1.